The normalized spacial score (nSPS) is 11.1. The van der Waals surface area contributed by atoms with Crippen molar-refractivity contribution >= 4 is 28.6 Å². The van der Waals surface area contributed by atoms with Gasteiger partial charge in [0.1, 0.15) is 18.2 Å². The average molecular weight is 415 g/mol. The molecule has 0 aliphatic heterocycles. The Balaban J connectivity index is 1.73. The average Bonchev–Trinajstić information content (AvgIpc) is 2.76. The number of aromatic nitrogens is 2. The summed E-state index contributed by atoms with van der Waals surface area (Å²) in [6.45, 7) is 0.368. The highest BCUT2D eigenvalue weighted by molar-refractivity contribution is 5.95. The lowest BCUT2D eigenvalue weighted by molar-refractivity contribution is -0.387. The van der Waals surface area contributed by atoms with E-state index in [2.05, 4.69) is 9.97 Å². The van der Waals surface area contributed by atoms with Gasteiger partial charge in [-0.15, -0.1) is 0 Å². The van der Waals surface area contributed by atoms with Crippen molar-refractivity contribution in [3.05, 3.63) is 104 Å². The van der Waals surface area contributed by atoms with Crippen molar-refractivity contribution in [1.82, 2.24) is 9.97 Å². The number of hydrogen-bond acceptors (Lipinski definition) is 6. The summed E-state index contributed by atoms with van der Waals surface area (Å²) < 4.78 is 6.04. The molecular formula is C23H17N3O5. The standard InChI is InChI=1S/C23H17N3O5/c27-22-21(26(29)30)23(28)25-20(24-22)13-11-18-17-9-5-4-8-16(17)10-12-19(18)31-14-15-6-2-1-3-7-15/h1-13H,14H2,(H2,24,25,27,28). The number of nitrogens with zero attached hydrogens (tertiary/aromatic N) is 2. The molecule has 2 N–H and O–H groups in total. The van der Waals surface area contributed by atoms with E-state index in [0.717, 1.165) is 21.9 Å². The zero-order chi connectivity index (χ0) is 21.8. The maximum atomic E-state index is 11.9. The maximum Gasteiger partial charge on any atom is 0.395 e. The van der Waals surface area contributed by atoms with Gasteiger partial charge >= 0.3 is 11.2 Å². The molecule has 4 rings (SSSR count). The number of nitrogens with one attached hydrogen (secondary N) is 1. The molecule has 8 heteroatoms. The Hall–Kier alpha value is -4.46. The molecule has 0 saturated carbocycles. The van der Waals surface area contributed by atoms with Gasteiger partial charge in [0.05, 0.1) is 4.92 Å². The Morgan fingerprint density at radius 1 is 1.03 bits per heavy atom. The van der Waals surface area contributed by atoms with Gasteiger partial charge in [0.2, 0.25) is 0 Å². The number of aromatic amines is 1. The van der Waals surface area contributed by atoms with Crippen molar-refractivity contribution < 1.29 is 14.8 Å². The van der Waals surface area contributed by atoms with E-state index in [1.54, 1.807) is 6.08 Å². The van der Waals surface area contributed by atoms with Gasteiger partial charge in [-0.1, -0.05) is 60.7 Å². The van der Waals surface area contributed by atoms with E-state index in [4.69, 9.17) is 4.74 Å². The molecule has 0 saturated heterocycles. The summed E-state index contributed by atoms with van der Waals surface area (Å²) in [4.78, 5) is 27.8. The van der Waals surface area contributed by atoms with Crippen molar-refractivity contribution in [1.29, 1.82) is 0 Å². The Morgan fingerprint density at radius 3 is 2.52 bits per heavy atom. The fourth-order valence-electron chi connectivity index (χ4n) is 3.19. The molecule has 0 bridgehead atoms. The largest absolute Gasteiger partial charge is 0.488 e. The van der Waals surface area contributed by atoms with Crippen LogP contribution in [0.1, 0.15) is 17.0 Å². The van der Waals surface area contributed by atoms with Crippen LogP contribution in [0.3, 0.4) is 0 Å². The molecule has 154 valence electrons. The summed E-state index contributed by atoms with van der Waals surface area (Å²) in [5, 5.41) is 22.5. The summed E-state index contributed by atoms with van der Waals surface area (Å²) >= 11 is 0. The number of benzene rings is 3. The Labute approximate surface area is 176 Å². The molecular weight excluding hydrogens is 398 g/mol. The highest BCUT2D eigenvalue weighted by Crippen LogP contribution is 2.30. The zero-order valence-corrected chi connectivity index (χ0v) is 16.2. The first-order chi connectivity index (χ1) is 15.0. The van der Waals surface area contributed by atoms with E-state index in [-0.39, 0.29) is 5.82 Å². The second-order valence-corrected chi connectivity index (χ2v) is 6.69. The van der Waals surface area contributed by atoms with E-state index in [1.807, 2.05) is 66.7 Å². The molecule has 0 radical (unpaired) electrons. The van der Waals surface area contributed by atoms with Crippen LogP contribution in [0.5, 0.6) is 11.6 Å². The number of rotatable bonds is 6. The fourth-order valence-corrected chi connectivity index (χ4v) is 3.19. The Bertz CT molecular complexity index is 1350. The van der Waals surface area contributed by atoms with Crippen LogP contribution in [0.4, 0.5) is 5.69 Å². The topological polar surface area (TPSA) is 118 Å². The molecule has 1 heterocycles. The van der Waals surface area contributed by atoms with Crippen molar-refractivity contribution in [3.63, 3.8) is 0 Å². The quantitative estimate of drug-likeness (QED) is 0.358. The molecule has 3 aromatic carbocycles. The molecule has 0 aliphatic carbocycles. The Morgan fingerprint density at radius 2 is 1.77 bits per heavy atom. The lowest BCUT2D eigenvalue weighted by atomic mass is 10.0. The zero-order valence-electron chi connectivity index (χ0n) is 16.2. The number of fused-ring (bicyclic) bond motifs is 1. The first-order valence-corrected chi connectivity index (χ1v) is 9.37. The third-order valence-electron chi connectivity index (χ3n) is 4.65. The van der Waals surface area contributed by atoms with Crippen molar-refractivity contribution in [2.75, 3.05) is 0 Å². The van der Waals surface area contributed by atoms with Crippen LogP contribution in [0, 0.1) is 10.1 Å². The molecule has 8 nitrogen and oxygen atoms in total. The lowest BCUT2D eigenvalue weighted by Gasteiger charge is -2.12. The van der Waals surface area contributed by atoms with Gasteiger partial charge in [-0.3, -0.25) is 14.9 Å². The maximum absolute atomic E-state index is 11.9. The minimum absolute atomic E-state index is 0.0185. The lowest BCUT2D eigenvalue weighted by Crippen LogP contribution is -2.14. The predicted molar refractivity (Wildman–Crippen MR) is 117 cm³/mol. The van der Waals surface area contributed by atoms with Crippen LogP contribution >= 0.6 is 0 Å². The monoisotopic (exact) mass is 415 g/mol. The number of aromatic hydroxyl groups is 1. The van der Waals surface area contributed by atoms with Crippen molar-refractivity contribution in [2.24, 2.45) is 0 Å². The molecule has 0 aliphatic rings. The predicted octanol–water partition coefficient (Wildman–Crippen LogP) is 4.29. The van der Waals surface area contributed by atoms with Gasteiger partial charge in [0, 0.05) is 5.56 Å². The molecule has 31 heavy (non-hydrogen) atoms. The number of H-pyrrole nitrogens is 1. The van der Waals surface area contributed by atoms with Crippen LogP contribution < -0.4 is 10.3 Å². The van der Waals surface area contributed by atoms with E-state index in [0.29, 0.717) is 12.4 Å². The molecule has 4 aromatic rings. The third-order valence-corrected chi connectivity index (χ3v) is 4.65. The second-order valence-electron chi connectivity index (χ2n) is 6.69. The summed E-state index contributed by atoms with van der Waals surface area (Å²) in [6, 6.07) is 21.3. The van der Waals surface area contributed by atoms with Crippen LogP contribution in [0.15, 0.2) is 71.5 Å². The number of nitro groups is 1. The van der Waals surface area contributed by atoms with Crippen molar-refractivity contribution in [3.8, 4) is 11.6 Å². The number of ether oxygens (including phenoxy) is 1. The van der Waals surface area contributed by atoms with E-state index < -0.39 is 22.0 Å². The second kappa shape index (κ2) is 8.50. The van der Waals surface area contributed by atoms with E-state index in [1.165, 1.54) is 6.08 Å². The smallest absolute Gasteiger partial charge is 0.395 e. The van der Waals surface area contributed by atoms with Gasteiger partial charge in [-0.25, -0.2) is 0 Å². The van der Waals surface area contributed by atoms with E-state index >= 15 is 0 Å². The minimum Gasteiger partial charge on any atom is -0.488 e. The minimum atomic E-state index is -1.03. The van der Waals surface area contributed by atoms with Gasteiger partial charge in [-0.05, 0) is 34.6 Å². The highest BCUT2D eigenvalue weighted by atomic mass is 16.6. The molecule has 0 fully saturated rings. The first kappa shape index (κ1) is 19.8. The van der Waals surface area contributed by atoms with Crippen LogP contribution in [0.25, 0.3) is 22.9 Å². The molecule has 0 amide bonds. The molecule has 1 aromatic heterocycles. The highest BCUT2D eigenvalue weighted by Gasteiger charge is 2.21. The van der Waals surface area contributed by atoms with Gasteiger partial charge < -0.3 is 14.8 Å². The molecule has 0 spiro atoms. The first-order valence-electron chi connectivity index (χ1n) is 9.37. The SMILES string of the molecule is O=c1[nH]c(C=Cc2c(OCc3ccccc3)ccc3ccccc23)nc(O)c1[N+](=O)[O-]. The van der Waals surface area contributed by atoms with Crippen LogP contribution in [-0.4, -0.2) is 20.0 Å². The van der Waals surface area contributed by atoms with Gasteiger partial charge in [0.15, 0.2) is 0 Å². The summed E-state index contributed by atoms with van der Waals surface area (Å²) in [7, 11) is 0. The van der Waals surface area contributed by atoms with Crippen molar-refractivity contribution in [2.45, 2.75) is 6.61 Å². The summed E-state index contributed by atoms with van der Waals surface area (Å²) in [5.41, 5.74) is -0.267. The van der Waals surface area contributed by atoms with Crippen LogP contribution in [0.2, 0.25) is 0 Å². The fraction of sp³-hybridized carbons (Fsp3) is 0.0435. The van der Waals surface area contributed by atoms with Gasteiger partial charge in [-0.2, -0.15) is 4.98 Å². The summed E-state index contributed by atoms with van der Waals surface area (Å²) in [6.07, 6.45) is 3.15. The van der Waals surface area contributed by atoms with Crippen LogP contribution in [-0.2, 0) is 6.61 Å². The Kier molecular flexibility index (Phi) is 5.44. The molecule has 0 atom stereocenters. The number of hydrogen-bond donors (Lipinski definition) is 2. The summed E-state index contributed by atoms with van der Waals surface area (Å²) in [5.74, 6) is -0.339. The van der Waals surface area contributed by atoms with Gasteiger partial charge in [0.25, 0.3) is 5.88 Å². The third kappa shape index (κ3) is 4.27. The molecule has 0 unspecified atom stereocenters. The van der Waals surface area contributed by atoms with E-state index in [9.17, 15) is 20.0 Å².